The van der Waals surface area contributed by atoms with Gasteiger partial charge >= 0.3 is 0 Å². The van der Waals surface area contributed by atoms with E-state index in [1.165, 1.54) is 0 Å². The van der Waals surface area contributed by atoms with Crippen molar-refractivity contribution < 1.29 is 9.59 Å². The minimum Gasteiger partial charge on any atom is -0.347 e. The number of aromatic nitrogens is 1. The van der Waals surface area contributed by atoms with Gasteiger partial charge in [-0.1, -0.05) is 12.1 Å². The van der Waals surface area contributed by atoms with E-state index in [9.17, 15) is 9.59 Å². The summed E-state index contributed by atoms with van der Waals surface area (Å²) < 4.78 is 1.78. The molecule has 1 aromatic carbocycles. The van der Waals surface area contributed by atoms with Crippen molar-refractivity contribution in [2.75, 3.05) is 16.9 Å². The molecule has 0 radical (unpaired) electrons. The quantitative estimate of drug-likeness (QED) is 0.932. The van der Waals surface area contributed by atoms with Crippen molar-refractivity contribution in [1.82, 2.24) is 9.47 Å². The molecule has 1 aliphatic rings. The molecule has 5 nitrogen and oxygen atoms in total. The van der Waals surface area contributed by atoms with Crippen LogP contribution in [-0.4, -0.2) is 39.0 Å². The third-order valence-electron chi connectivity index (χ3n) is 4.47. The lowest BCUT2D eigenvalue weighted by Crippen LogP contribution is -2.45. The molecule has 1 N–H and O–H groups in total. The van der Waals surface area contributed by atoms with Gasteiger partial charge in [0.25, 0.3) is 5.91 Å². The Balaban J connectivity index is 1.78. The smallest absolute Gasteiger partial charge is 0.271 e. The van der Waals surface area contributed by atoms with Crippen LogP contribution in [0.1, 0.15) is 21.6 Å². The van der Waals surface area contributed by atoms with Crippen LogP contribution in [0, 0.1) is 13.8 Å². The number of hydrogen-bond acceptors (Lipinski definition) is 3. The molecule has 1 saturated heterocycles. The second-order valence-corrected chi connectivity index (χ2v) is 7.03. The fourth-order valence-electron chi connectivity index (χ4n) is 2.79. The van der Waals surface area contributed by atoms with Crippen LogP contribution in [0.25, 0.3) is 0 Å². The standard InChI is InChI=1S/C18H21N3O2S/c1-12-6-4-7-14(13(12)2)19-17(22)16-10-24-11-21(16)18(23)15-8-5-9-20(15)3/h4-9,16H,10-11H2,1-3H3,(H,19,22). The van der Waals surface area contributed by atoms with Gasteiger partial charge in [-0.3, -0.25) is 9.59 Å². The van der Waals surface area contributed by atoms with Crippen LogP contribution in [0.5, 0.6) is 0 Å². The highest BCUT2D eigenvalue weighted by molar-refractivity contribution is 7.99. The molecule has 1 aliphatic heterocycles. The Morgan fingerprint density at radius 2 is 2.00 bits per heavy atom. The van der Waals surface area contributed by atoms with Crippen LogP contribution in [0.15, 0.2) is 36.5 Å². The topological polar surface area (TPSA) is 54.3 Å². The van der Waals surface area contributed by atoms with Crippen molar-refractivity contribution in [3.05, 3.63) is 53.3 Å². The van der Waals surface area contributed by atoms with Crippen molar-refractivity contribution in [1.29, 1.82) is 0 Å². The molecule has 2 amide bonds. The van der Waals surface area contributed by atoms with Crippen molar-refractivity contribution in [3.63, 3.8) is 0 Å². The van der Waals surface area contributed by atoms with Gasteiger partial charge in [0.2, 0.25) is 5.91 Å². The Kier molecular flexibility index (Phi) is 4.66. The van der Waals surface area contributed by atoms with Gasteiger partial charge < -0.3 is 14.8 Å². The van der Waals surface area contributed by atoms with Gasteiger partial charge in [-0.15, -0.1) is 11.8 Å². The number of thioether (sulfide) groups is 1. The lowest BCUT2D eigenvalue weighted by atomic mass is 10.1. The summed E-state index contributed by atoms with van der Waals surface area (Å²) in [5.41, 5.74) is 3.59. The number of nitrogens with one attached hydrogen (secondary N) is 1. The SMILES string of the molecule is Cc1cccc(NC(=O)C2CSCN2C(=O)c2cccn2C)c1C. The molecule has 1 aromatic heterocycles. The van der Waals surface area contributed by atoms with Crippen molar-refractivity contribution >= 4 is 29.3 Å². The second-order valence-electron chi connectivity index (χ2n) is 6.03. The number of nitrogens with zero attached hydrogens (tertiary/aromatic N) is 2. The minimum atomic E-state index is -0.447. The Labute approximate surface area is 146 Å². The van der Waals surface area contributed by atoms with Gasteiger partial charge in [-0.2, -0.15) is 0 Å². The van der Waals surface area contributed by atoms with Crippen LogP contribution in [0.2, 0.25) is 0 Å². The third-order valence-corrected chi connectivity index (χ3v) is 5.48. The van der Waals surface area contributed by atoms with Crippen LogP contribution < -0.4 is 5.32 Å². The van der Waals surface area contributed by atoms with Gasteiger partial charge in [0.1, 0.15) is 11.7 Å². The average Bonchev–Trinajstić information content (AvgIpc) is 3.20. The molecule has 0 spiro atoms. The molecule has 126 valence electrons. The van der Waals surface area contributed by atoms with Gasteiger partial charge in [-0.25, -0.2) is 0 Å². The number of carbonyl (C=O) groups excluding carboxylic acids is 2. The molecule has 24 heavy (non-hydrogen) atoms. The number of aryl methyl sites for hydroxylation is 2. The molecule has 6 heteroatoms. The van der Waals surface area contributed by atoms with E-state index in [1.807, 2.05) is 51.4 Å². The zero-order valence-electron chi connectivity index (χ0n) is 14.1. The molecule has 1 fully saturated rings. The van der Waals surface area contributed by atoms with Gasteiger partial charge in [0.15, 0.2) is 0 Å². The van der Waals surface area contributed by atoms with E-state index >= 15 is 0 Å². The lowest BCUT2D eigenvalue weighted by Gasteiger charge is -2.23. The molecule has 2 heterocycles. The molecule has 1 atom stereocenters. The van der Waals surface area contributed by atoms with E-state index in [1.54, 1.807) is 27.3 Å². The third kappa shape index (κ3) is 3.06. The van der Waals surface area contributed by atoms with E-state index < -0.39 is 6.04 Å². The lowest BCUT2D eigenvalue weighted by molar-refractivity contribution is -0.119. The fraction of sp³-hybridized carbons (Fsp3) is 0.333. The number of benzene rings is 1. The number of amides is 2. The highest BCUT2D eigenvalue weighted by atomic mass is 32.2. The van der Waals surface area contributed by atoms with E-state index in [-0.39, 0.29) is 11.8 Å². The zero-order valence-corrected chi connectivity index (χ0v) is 14.9. The van der Waals surface area contributed by atoms with Crippen LogP contribution >= 0.6 is 11.8 Å². The summed E-state index contributed by atoms with van der Waals surface area (Å²) in [5.74, 6) is 0.923. The van der Waals surface area contributed by atoms with Crippen LogP contribution in [0.4, 0.5) is 5.69 Å². The minimum absolute atomic E-state index is 0.103. The molecular weight excluding hydrogens is 322 g/mol. The fourth-order valence-corrected chi connectivity index (χ4v) is 3.95. The van der Waals surface area contributed by atoms with Gasteiger partial charge in [0.05, 0.1) is 5.88 Å². The molecule has 0 saturated carbocycles. The number of anilines is 1. The maximum absolute atomic E-state index is 12.7. The maximum Gasteiger partial charge on any atom is 0.271 e. The van der Waals surface area contributed by atoms with E-state index in [2.05, 4.69) is 5.32 Å². The van der Waals surface area contributed by atoms with Gasteiger partial charge in [0, 0.05) is 24.7 Å². The first kappa shape index (κ1) is 16.6. The van der Waals surface area contributed by atoms with Crippen LogP contribution in [0.3, 0.4) is 0 Å². The molecule has 2 aromatic rings. The number of hydrogen-bond donors (Lipinski definition) is 1. The van der Waals surface area contributed by atoms with Gasteiger partial charge in [-0.05, 0) is 43.2 Å². The van der Waals surface area contributed by atoms with Crippen molar-refractivity contribution in [3.8, 4) is 0 Å². The summed E-state index contributed by atoms with van der Waals surface area (Å²) in [7, 11) is 1.83. The second kappa shape index (κ2) is 6.73. The monoisotopic (exact) mass is 343 g/mol. The molecule has 3 rings (SSSR count). The van der Waals surface area contributed by atoms with E-state index in [4.69, 9.17) is 0 Å². The Morgan fingerprint density at radius 1 is 1.21 bits per heavy atom. The summed E-state index contributed by atoms with van der Waals surface area (Å²) in [5, 5.41) is 2.98. The summed E-state index contributed by atoms with van der Waals surface area (Å²) in [6.07, 6.45) is 1.83. The summed E-state index contributed by atoms with van der Waals surface area (Å²) in [4.78, 5) is 27.1. The van der Waals surface area contributed by atoms with Crippen LogP contribution in [-0.2, 0) is 11.8 Å². The summed E-state index contributed by atoms with van der Waals surface area (Å²) in [6, 6.07) is 9.01. The molecular formula is C18H21N3O2S. The normalized spacial score (nSPS) is 17.1. The van der Waals surface area contributed by atoms with Crippen molar-refractivity contribution in [2.45, 2.75) is 19.9 Å². The molecule has 1 unspecified atom stereocenters. The average molecular weight is 343 g/mol. The number of rotatable bonds is 3. The zero-order chi connectivity index (χ0) is 17.3. The predicted octanol–water partition coefficient (Wildman–Crippen LogP) is 2.80. The first-order valence-corrected chi connectivity index (χ1v) is 9.01. The highest BCUT2D eigenvalue weighted by Crippen LogP contribution is 2.25. The Morgan fingerprint density at radius 3 is 2.71 bits per heavy atom. The molecule has 0 aliphatic carbocycles. The first-order valence-electron chi connectivity index (χ1n) is 7.86. The number of carbonyl (C=O) groups is 2. The van der Waals surface area contributed by atoms with E-state index in [0.717, 1.165) is 16.8 Å². The van der Waals surface area contributed by atoms with E-state index in [0.29, 0.717) is 17.3 Å². The van der Waals surface area contributed by atoms with Crippen molar-refractivity contribution in [2.24, 2.45) is 7.05 Å². The highest BCUT2D eigenvalue weighted by Gasteiger charge is 2.36. The maximum atomic E-state index is 12.7. The summed E-state index contributed by atoms with van der Waals surface area (Å²) >= 11 is 1.60. The molecule has 0 bridgehead atoms. The Hall–Kier alpha value is -2.21. The Bertz CT molecular complexity index is 784. The largest absolute Gasteiger partial charge is 0.347 e. The summed E-state index contributed by atoms with van der Waals surface area (Å²) in [6.45, 7) is 4.00. The predicted molar refractivity (Wildman–Crippen MR) is 97.2 cm³/mol. The first-order chi connectivity index (χ1) is 11.5.